The number of hydrogen-bond donors (Lipinski definition) is 2. The van der Waals surface area contributed by atoms with Gasteiger partial charge in [0.05, 0.1) is 4.92 Å². The highest BCUT2D eigenvalue weighted by atomic mass is 16.6. The lowest BCUT2D eigenvalue weighted by molar-refractivity contribution is -0.384. The molecule has 3 rings (SSSR count). The van der Waals surface area contributed by atoms with Crippen LogP contribution in [0.25, 0.3) is 22.0 Å². The van der Waals surface area contributed by atoms with Gasteiger partial charge in [-0.1, -0.05) is 77.4 Å². The van der Waals surface area contributed by atoms with Gasteiger partial charge in [-0.15, -0.1) is 0 Å². The molecule has 10 nitrogen and oxygen atoms in total. The van der Waals surface area contributed by atoms with Gasteiger partial charge in [-0.2, -0.15) is 0 Å². The van der Waals surface area contributed by atoms with E-state index in [1.165, 1.54) is 36.5 Å². The van der Waals surface area contributed by atoms with Gasteiger partial charge in [-0.3, -0.25) is 19.7 Å². The predicted molar refractivity (Wildman–Crippen MR) is 161 cm³/mol. The van der Waals surface area contributed by atoms with Crippen LogP contribution in [0.5, 0.6) is 0 Å². The molecule has 0 spiro atoms. The topological polar surface area (TPSA) is 135 Å². The number of nitrogens with zero attached hydrogens (tertiary/aromatic N) is 3. The molecule has 0 saturated heterocycles. The Morgan fingerprint density at radius 3 is 2.22 bits per heavy atom. The van der Waals surface area contributed by atoms with Crippen molar-refractivity contribution in [3.05, 3.63) is 76.0 Å². The SMILES string of the molecule is C/C(=C\CN(C)C(=O)C(NC(=O)c1c(-c2ccccc2)c2cc([N+](=O)[O-])ccc2n1C)C(C)(C)C)C(=O)O.CCC. The molecule has 3 aromatic rings. The second-order valence-electron chi connectivity index (χ2n) is 11.0. The molecule has 2 aromatic carbocycles. The van der Waals surface area contributed by atoms with Gasteiger partial charge in [0.1, 0.15) is 11.7 Å². The van der Waals surface area contributed by atoms with E-state index in [0.717, 1.165) is 0 Å². The molecular formula is C31H40N4O6. The summed E-state index contributed by atoms with van der Waals surface area (Å²) in [5.41, 5.74) is 1.46. The van der Waals surface area contributed by atoms with Crippen molar-refractivity contribution in [2.75, 3.05) is 13.6 Å². The van der Waals surface area contributed by atoms with Crippen LogP contribution in [0.4, 0.5) is 5.69 Å². The van der Waals surface area contributed by atoms with Crippen LogP contribution in [-0.2, 0) is 16.6 Å². The number of non-ortho nitro benzene ring substituents is 1. The second-order valence-corrected chi connectivity index (χ2v) is 11.0. The van der Waals surface area contributed by atoms with Gasteiger partial charge in [0, 0.05) is 54.8 Å². The molecule has 2 N–H and O–H groups in total. The van der Waals surface area contributed by atoms with Crippen LogP contribution < -0.4 is 5.32 Å². The summed E-state index contributed by atoms with van der Waals surface area (Å²) in [5.74, 6) is -1.96. The minimum absolute atomic E-state index is 0.0619. The number of aryl methyl sites for hydroxylation is 1. The summed E-state index contributed by atoms with van der Waals surface area (Å²) in [5, 5.41) is 24.0. The average molecular weight is 565 g/mol. The smallest absolute Gasteiger partial charge is 0.331 e. The van der Waals surface area contributed by atoms with Crippen LogP contribution in [0, 0.1) is 15.5 Å². The molecular weight excluding hydrogens is 524 g/mol. The second kappa shape index (κ2) is 13.7. The standard InChI is InChI=1S/C28H32N4O6.C3H8/c1-17(27(35)36)14-15-30(5)26(34)24(28(2,3)4)29-25(33)23-22(18-10-8-7-9-11-18)20-16-19(32(37)38)12-13-21(20)31(23)6;1-3-2/h7-14,16,24H,15H2,1-6H3,(H,29,33)(H,35,36);3H2,1-2H3/b17-14+;. The molecule has 41 heavy (non-hydrogen) atoms. The number of nitro benzene ring substituents is 1. The maximum absolute atomic E-state index is 13.9. The first-order valence-electron chi connectivity index (χ1n) is 13.4. The molecule has 0 aliphatic heterocycles. The Kier molecular flexibility index (Phi) is 11.0. The minimum Gasteiger partial charge on any atom is -0.478 e. The molecule has 10 heteroatoms. The zero-order valence-electron chi connectivity index (χ0n) is 25.0. The number of hydrogen-bond acceptors (Lipinski definition) is 5. The highest BCUT2D eigenvalue weighted by Gasteiger charge is 2.36. The molecule has 220 valence electrons. The Hall–Kier alpha value is -4.47. The quantitative estimate of drug-likeness (QED) is 0.202. The largest absolute Gasteiger partial charge is 0.478 e. The summed E-state index contributed by atoms with van der Waals surface area (Å²) in [6, 6.07) is 12.6. The molecule has 1 unspecified atom stereocenters. The number of aliphatic carboxylic acids is 1. The van der Waals surface area contributed by atoms with E-state index in [4.69, 9.17) is 5.11 Å². The number of carbonyl (C=O) groups excluding carboxylic acids is 2. The van der Waals surface area contributed by atoms with Crippen LogP contribution in [0.1, 0.15) is 58.5 Å². The monoisotopic (exact) mass is 564 g/mol. The average Bonchev–Trinajstić information content (AvgIpc) is 3.21. The Labute approximate surface area is 240 Å². The van der Waals surface area contributed by atoms with Crippen molar-refractivity contribution in [3.8, 4) is 11.1 Å². The van der Waals surface area contributed by atoms with Crippen LogP contribution in [0.3, 0.4) is 0 Å². The van der Waals surface area contributed by atoms with Crippen molar-refractivity contribution in [2.45, 2.75) is 54.0 Å². The van der Waals surface area contributed by atoms with Crippen LogP contribution in [0.15, 0.2) is 60.2 Å². The summed E-state index contributed by atoms with van der Waals surface area (Å²) in [7, 11) is 3.25. The summed E-state index contributed by atoms with van der Waals surface area (Å²) in [6.07, 6.45) is 2.69. The van der Waals surface area contributed by atoms with Gasteiger partial charge in [-0.05, 0) is 24.0 Å². The highest BCUT2D eigenvalue weighted by molar-refractivity contribution is 6.11. The van der Waals surface area contributed by atoms with Gasteiger partial charge >= 0.3 is 5.97 Å². The van der Waals surface area contributed by atoms with Crippen molar-refractivity contribution >= 4 is 34.4 Å². The minimum atomic E-state index is -1.07. The number of rotatable bonds is 8. The third-order valence-electron chi connectivity index (χ3n) is 6.44. The normalized spacial score (nSPS) is 12.2. The molecule has 0 radical (unpaired) electrons. The molecule has 0 aliphatic carbocycles. The van der Waals surface area contributed by atoms with E-state index < -0.39 is 28.3 Å². The number of fused-ring (bicyclic) bond motifs is 1. The number of carboxylic acid groups (broad SMARTS) is 1. The van der Waals surface area contributed by atoms with E-state index in [0.29, 0.717) is 22.0 Å². The van der Waals surface area contributed by atoms with Gasteiger partial charge in [0.2, 0.25) is 5.91 Å². The first kappa shape index (κ1) is 32.7. The van der Waals surface area contributed by atoms with Crippen LogP contribution >= 0.6 is 0 Å². The molecule has 0 bridgehead atoms. The fourth-order valence-electron chi connectivity index (χ4n) is 4.23. The number of carbonyl (C=O) groups is 3. The molecule has 1 atom stereocenters. The first-order chi connectivity index (χ1) is 19.1. The van der Waals surface area contributed by atoms with Gasteiger partial charge in [-0.25, -0.2) is 4.79 Å². The summed E-state index contributed by atoms with van der Waals surface area (Å²) in [4.78, 5) is 50.8. The molecule has 0 saturated carbocycles. The summed E-state index contributed by atoms with van der Waals surface area (Å²) in [6.45, 7) is 11.2. The van der Waals surface area contributed by atoms with Crippen LogP contribution in [-0.4, -0.2) is 56.9 Å². The van der Waals surface area contributed by atoms with Crippen molar-refractivity contribution in [1.29, 1.82) is 0 Å². The van der Waals surface area contributed by atoms with Gasteiger partial charge in [0.25, 0.3) is 11.6 Å². The van der Waals surface area contributed by atoms with Crippen molar-refractivity contribution < 1.29 is 24.4 Å². The van der Waals surface area contributed by atoms with E-state index in [9.17, 15) is 24.5 Å². The Balaban J connectivity index is 0.00000187. The summed E-state index contributed by atoms with van der Waals surface area (Å²) < 4.78 is 1.67. The number of nitrogens with one attached hydrogen (secondary N) is 1. The third-order valence-corrected chi connectivity index (χ3v) is 6.44. The fraction of sp³-hybridized carbons (Fsp3) is 0.387. The highest BCUT2D eigenvalue weighted by Crippen LogP contribution is 2.36. The lowest BCUT2D eigenvalue weighted by Crippen LogP contribution is -2.54. The fourth-order valence-corrected chi connectivity index (χ4v) is 4.23. The third kappa shape index (κ3) is 7.81. The van der Waals surface area contributed by atoms with Crippen molar-refractivity contribution in [3.63, 3.8) is 0 Å². The van der Waals surface area contributed by atoms with E-state index in [1.807, 2.05) is 51.1 Å². The lowest BCUT2D eigenvalue weighted by Gasteiger charge is -2.33. The van der Waals surface area contributed by atoms with Gasteiger partial charge in [0.15, 0.2) is 0 Å². The molecule has 1 aromatic heterocycles. The van der Waals surface area contributed by atoms with Crippen molar-refractivity contribution in [2.24, 2.45) is 12.5 Å². The maximum Gasteiger partial charge on any atom is 0.331 e. The maximum atomic E-state index is 13.9. The van der Waals surface area contributed by atoms with Crippen molar-refractivity contribution in [1.82, 2.24) is 14.8 Å². The number of likely N-dealkylation sites (N-methyl/N-ethyl adjacent to an activating group) is 1. The number of nitro groups is 1. The lowest BCUT2D eigenvalue weighted by atomic mass is 9.85. The Morgan fingerprint density at radius 2 is 1.71 bits per heavy atom. The van der Waals surface area contributed by atoms with Gasteiger partial charge < -0.3 is 19.9 Å². The van der Waals surface area contributed by atoms with Crippen LogP contribution in [0.2, 0.25) is 0 Å². The Morgan fingerprint density at radius 1 is 1.12 bits per heavy atom. The Bertz CT molecular complexity index is 1450. The zero-order valence-corrected chi connectivity index (χ0v) is 25.0. The van der Waals surface area contributed by atoms with E-state index in [-0.39, 0.29) is 29.4 Å². The van der Waals surface area contributed by atoms with E-state index in [2.05, 4.69) is 19.2 Å². The number of aromatic nitrogens is 1. The number of carboxylic acids is 1. The van der Waals surface area contributed by atoms with E-state index >= 15 is 0 Å². The predicted octanol–water partition coefficient (Wildman–Crippen LogP) is 5.80. The first-order valence-corrected chi connectivity index (χ1v) is 13.4. The summed E-state index contributed by atoms with van der Waals surface area (Å²) >= 11 is 0. The van der Waals surface area contributed by atoms with E-state index in [1.54, 1.807) is 24.7 Å². The molecule has 0 fully saturated rings. The number of benzene rings is 2. The molecule has 2 amide bonds. The molecule has 1 heterocycles. The zero-order chi connectivity index (χ0) is 31.1. The number of amides is 2. The molecule has 0 aliphatic rings.